The molecule has 0 spiro atoms. The summed E-state index contributed by atoms with van der Waals surface area (Å²) in [4.78, 5) is 2.43. The van der Waals surface area contributed by atoms with E-state index in [1.807, 2.05) is 36.4 Å². The highest BCUT2D eigenvalue weighted by Gasteiger charge is 2.34. The quantitative estimate of drug-likeness (QED) is 0.508. The van der Waals surface area contributed by atoms with Gasteiger partial charge >= 0.3 is 10.4 Å². The van der Waals surface area contributed by atoms with Gasteiger partial charge in [-0.15, -0.1) is 0 Å². The largest absolute Gasteiger partial charge is 0.496 e. The first-order valence-corrected chi connectivity index (χ1v) is 12.6. The Kier molecular flexibility index (Phi) is 8.45. The molecule has 1 aliphatic carbocycles. The molecule has 33 heavy (non-hydrogen) atoms. The van der Waals surface area contributed by atoms with Crippen molar-refractivity contribution in [2.45, 2.75) is 31.3 Å². The second-order valence-corrected chi connectivity index (χ2v) is 9.95. The van der Waals surface area contributed by atoms with E-state index < -0.39 is 16.0 Å². The van der Waals surface area contributed by atoms with Crippen LogP contribution in [-0.4, -0.2) is 54.3 Å². The topological polar surface area (TPSA) is 107 Å². The maximum atomic E-state index is 11.1. The van der Waals surface area contributed by atoms with Gasteiger partial charge in [-0.25, -0.2) is 0 Å². The Morgan fingerprint density at radius 1 is 1.03 bits per heavy atom. The lowest BCUT2D eigenvalue weighted by molar-refractivity contribution is -0.0240. The molecule has 1 saturated heterocycles. The van der Waals surface area contributed by atoms with Gasteiger partial charge in [0.2, 0.25) is 0 Å². The number of fused-ring (bicyclic) bond motifs is 1. The molecule has 1 aliphatic heterocycles. The molecule has 2 aliphatic rings. The van der Waals surface area contributed by atoms with E-state index in [0.717, 1.165) is 67.2 Å². The van der Waals surface area contributed by atoms with Crippen LogP contribution in [-0.2, 0) is 22.4 Å². The Morgan fingerprint density at radius 2 is 1.64 bits per heavy atom. The summed E-state index contributed by atoms with van der Waals surface area (Å²) in [6.07, 6.45) is 5.65. The van der Waals surface area contributed by atoms with Crippen LogP contribution in [0.4, 0.5) is 0 Å². The van der Waals surface area contributed by atoms with Crippen LogP contribution in [0.1, 0.15) is 36.0 Å². The fraction of sp³-hybridized carbons (Fsp3) is 0.391. The van der Waals surface area contributed by atoms with Crippen LogP contribution in [0.3, 0.4) is 0 Å². The molecule has 4 rings (SSSR count). The number of hydrogen-bond acceptors (Lipinski definition) is 5. The Hall–Kier alpha value is -1.65. The summed E-state index contributed by atoms with van der Waals surface area (Å²) in [5, 5.41) is 12.5. The minimum absolute atomic E-state index is 0.699. The number of benzene rings is 2. The highest BCUT2D eigenvalue weighted by atomic mass is 35.5. The number of rotatable bonds is 4. The fourth-order valence-corrected chi connectivity index (χ4v) is 4.68. The van der Waals surface area contributed by atoms with Gasteiger partial charge in [0.1, 0.15) is 5.75 Å². The smallest absolute Gasteiger partial charge is 0.394 e. The van der Waals surface area contributed by atoms with E-state index in [9.17, 15) is 5.11 Å². The molecule has 0 aromatic heterocycles. The molecule has 10 heteroatoms. The highest BCUT2D eigenvalue weighted by molar-refractivity contribution is 7.79. The molecule has 0 unspecified atom stereocenters. The van der Waals surface area contributed by atoms with Gasteiger partial charge in [-0.1, -0.05) is 47.0 Å². The Balaban J connectivity index is 0.000000555. The van der Waals surface area contributed by atoms with Gasteiger partial charge in [-0.05, 0) is 61.1 Å². The second kappa shape index (κ2) is 10.7. The average Bonchev–Trinajstić information content (AvgIpc) is 2.75. The van der Waals surface area contributed by atoms with Gasteiger partial charge < -0.3 is 9.84 Å². The Morgan fingerprint density at radius 3 is 2.21 bits per heavy atom. The number of likely N-dealkylation sites (tertiary alicyclic amines) is 1. The molecule has 1 heterocycles. The third-order valence-electron chi connectivity index (χ3n) is 6.02. The normalized spacial score (nSPS) is 17.9. The second-order valence-electron chi connectivity index (χ2n) is 8.21. The fourth-order valence-electron chi connectivity index (χ4n) is 4.32. The number of aliphatic hydroxyl groups is 1. The lowest BCUT2D eigenvalue weighted by Crippen LogP contribution is -2.43. The molecule has 180 valence electrons. The van der Waals surface area contributed by atoms with Crippen molar-refractivity contribution in [2.24, 2.45) is 0 Å². The van der Waals surface area contributed by atoms with Crippen molar-refractivity contribution in [3.05, 3.63) is 68.7 Å². The first-order chi connectivity index (χ1) is 15.5. The van der Waals surface area contributed by atoms with Crippen molar-refractivity contribution < 1.29 is 27.4 Å². The zero-order valence-electron chi connectivity index (χ0n) is 18.2. The first-order valence-electron chi connectivity index (χ1n) is 10.4. The molecule has 7 nitrogen and oxygen atoms in total. The van der Waals surface area contributed by atoms with Crippen LogP contribution >= 0.6 is 23.2 Å². The van der Waals surface area contributed by atoms with Crippen molar-refractivity contribution in [1.82, 2.24) is 4.90 Å². The number of piperidine rings is 1. The average molecular weight is 516 g/mol. The molecular weight excluding hydrogens is 489 g/mol. The third-order valence-corrected chi connectivity index (χ3v) is 6.60. The molecule has 0 atom stereocenters. The predicted molar refractivity (Wildman–Crippen MR) is 130 cm³/mol. The van der Waals surface area contributed by atoms with Crippen molar-refractivity contribution in [2.75, 3.05) is 26.7 Å². The van der Waals surface area contributed by atoms with Crippen LogP contribution < -0.4 is 4.74 Å². The van der Waals surface area contributed by atoms with Gasteiger partial charge in [-0.3, -0.25) is 14.0 Å². The standard InChI is InChI=1S/C23H25Cl2NO2.H2O4S/c1-28-22-9-8-21(25)20-14-16(2-7-19(20)22)15-26-12-10-23(27,11-13-26)17-3-5-18(24)6-4-17;1-5(2,3)4/h3-6,8-9,14,27H,2,7,10-13,15H2,1H3;(H2,1,2,3,4). The number of ether oxygens (including phenoxy) is 1. The first kappa shape index (κ1) is 26.0. The molecule has 2 aromatic carbocycles. The number of hydrogen-bond donors (Lipinski definition) is 3. The number of halogens is 2. The SMILES string of the molecule is COc1ccc(Cl)c2c1CCC(CN1CCC(O)(c3ccc(Cl)cc3)CC1)=C2.O=S(=O)(O)O. The maximum Gasteiger partial charge on any atom is 0.394 e. The summed E-state index contributed by atoms with van der Waals surface area (Å²) in [5.74, 6) is 0.917. The van der Waals surface area contributed by atoms with Crippen LogP contribution in [0.15, 0.2) is 42.0 Å². The van der Waals surface area contributed by atoms with Crippen molar-refractivity contribution in [3.8, 4) is 5.75 Å². The summed E-state index contributed by atoms with van der Waals surface area (Å²) in [6, 6.07) is 11.4. The van der Waals surface area contributed by atoms with E-state index >= 15 is 0 Å². The summed E-state index contributed by atoms with van der Waals surface area (Å²) in [6.45, 7) is 2.66. The van der Waals surface area contributed by atoms with Crippen molar-refractivity contribution in [3.63, 3.8) is 0 Å². The number of methoxy groups -OCH3 is 1. The van der Waals surface area contributed by atoms with Crippen molar-refractivity contribution >= 4 is 39.7 Å². The minimum Gasteiger partial charge on any atom is -0.496 e. The van der Waals surface area contributed by atoms with Gasteiger partial charge in [0.15, 0.2) is 0 Å². The summed E-state index contributed by atoms with van der Waals surface area (Å²) >= 11 is 12.4. The monoisotopic (exact) mass is 515 g/mol. The summed E-state index contributed by atoms with van der Waals surface area (Å²) in [7, 11) is -2.96. The third kappa shape index (κ3) is 7.16. The van der Waals surface area contributed by atoms with E-state index in [0.29, 0.717) is 5.02 Å². The van der Waals surface area contributed by atoms with E-state index in [-0.39, 0.29) is 0 Å². The van der Waals surface area contributed by atoms with Crippen LogP contribution in [0.25, 0.3) is 6.08 Å². The van der Waals surface area contributed by atoms with Crippen LogP contribution in [0, 0.1) is 0 Å². The van der Waals surface area contributed by atoms with Crippen LogP contribution in [0.2, 0.25) is 10.0 Å². The van der Waals surface area contributed by atoms with E-state index in [4.69, 9.17) is 45.5 Å². The van der Waals surface area contributed by atoms with E-state index in [2.05, 4.69) is 11.0 Å². The Bertz CT molecular complexity index is 1100. The lowest BCUT2D eigenvalue weighted by Gasteiger charge is -2.39. The highest BCUT2D eigenvalue weighted by Crippen LogP contribution is 2.37. The van der Waals surface area contributed by atoms with E-state index in [1.54, 1.807) is 7.11 Å². The van der Waals surface area contributed by atoms with Crippen LogP contribution in [0.5, 0.6) is 5.75 Å². The van der Waals surface area contributed by atoms with Gasteiger partial charge in [-0.2, -0.15) is 8.42 Å². The molecule has 2 aromatic rings. The molecular formula is C23H27Cl2NO6S. The van der Waals surface area contributed by atoms with Gasteiger partial charge in [0.05, 0.1) is 12.7 Å². The van der Waals surface area contributed by atoms with Gasteiger partial charge in [0, 0.05) is 35.2 Å². The predicted octanol–water partition coefficient (Wildman–Crippen LogP) is 4.66. The molecule has 0 radical (unpaired) electrons. The minimum atomic E-state index is -4.67. The molecule has 3 N–H and O–H groups in total. The van der Waals surface area contributed by atoms with E-state index in [1.165, 1.54) is 11.1 Å². The molecule has 0 bridgehead atoms. The molecule has 0 amide bonds. The molecule has 0 saturated carbocycles. The summed E-state index contributed by atoms with van der Waals surface area (Å²) < 4.78 is 37.1. The zero-order valence-corrected chi connectivity index (χ0v) is 20.5. The van der Waals surface area contributed by atoms with Gasteiger partial charge in [0.25, 0.3) is 0 Å². The Labute approximate surface area is 204 Å². The maximum absolute atomic E-state index is 11.1. The lowest BCUT2D eigenvalue weighted by atomic mass is 9.84. The van der Waals surface area contributed by atoms with Crippen molar-refractivity contribution in [1.29, 1.82) is 0 Å². The molecule has 1 fully saturated rings. The number of nitrogens with zero attached hydrogens (tertiary/aromatic N) is 1. The summed E-state index contributed by atoms with van der Waals surface area (Å²) in [5.41, 5.74) is 3.89. The zero-order chi connectivity index (χ0) is 24.2.